The van der Waals surface area contributed by atoms with E-state index in [0.717, 1.165) is 6.33 Å². The lowest BCUT2D eigenvalue weighted by Gasteiger charge is -2.15. The van der Waals surface area contributed by atoms with Gasteiger partial charge in [-0.25, -0.2) is 14.4 Å². The van der Waals surface area contributed by atoms with Crippen LogP contribution in [0.5, 0.6) is 0 Å². The summed E-state index contributed by atoms with van der Waals surface area (Å²) in [5, 5.41) is 31.5. The number of halogens is 1. The van der Waals surface area contributed by atoms with Crippen LogP contribution < -0.4 is 11.1 Å². The van der Waals surface area contributed by atoms with E-state index in [9.17, 15) is 19.6 Å². The Balaban J connectivity index is 2.23. The highest BCUT2D eigenvalue weighted by Crippen LogP contribution is 2.30. The number of aliphatic hydroxyl groups is 2. The van der Waals surface area contributed by atoms with Crippen LogP contribution in [-0.2, 0) is 4.74 Å². The lowest BCUT2D eigenvalue weighted by atomic mass is 10.1. The van der Waals surface area contributed by atoms with E-state index in [0.29, 0.717) is 0 Å². The van der Waals surface area contributed by atoms with Crippen LogP contribution in [0.4, 0.5) is 21.7 Å². The van der Waals surface area contributed by atoms with Crippen molar-refractivity contribution in [1.82, 2.24) is 9.97 Å². The lowest BCUT2D eigenvalue weighted by Crippen LogP contribution is -2.33. The van der Waals surface area contributed by atoms with E-state index in [2.05, 4.69) is 15.3 Å². The number of nitrogen functional groups attached to an aromatic ring is 1. The molecular formula is C9H12FN5O5. The average Bonchev–Trinajstić information content (AvgIpc) is 2.66. The van der Waals surface area contributed by atoms with Gasteiger partial charge in [-0.1, -0.05) is 0 Å². The third kappa shape index (κ3) is 2.45. The van der Waals surface area contributed by atoms with Gasteiger partial charge < -0.3 is 26.0 Å². The minimum Gasteiger partial charge on any atom is -0.394 e. The van der Waals surface area contributed by atoms with Crippen LogP contribution >= 0.6 is 0 Å². The molecule has 1 saturated heterocycles. The fraction of sp³-hybridized carbons (Fsp3) is 0.556. The highest BCUT2D eigenvalue weighted by atomic mass is 19.1. The Morgan fingerprint density at radius 3 is 2.85 bits per heavy atom. The van der Waals surface area contributed by atoms with Crippen molar-refractivity contribution < 1.29 is 24.3 Å². The number of aromatic nitrogens is 2. The molecule has 4 unspecified atom stereocenters. The molecule has 0 bridgehead atoms. The second kappa shape index (κ2) is 5.48. The Morgan fingerprint density at radius 2 is 2.30 bits per heavy atom. The second-order valence-corrected chi connectivity index (χ2v) is 4.07. The van der Waals surface area contributed by atoms with E-state index in [1.54, 1.807) is 0 Å². The molecule has 20 heavy (non-hydrogen) atoms. The zero-order chi connectivity index (χ0) is 14.9. The molecule has 1 aromatic heterocycles. The molecule has 4 atom stereocenters. The van der Waals surface area contributed by atoms with Crippen molar-refractivity contribution >= 4 is 17.3 Å². The summed E-state index contributed by atoms with van der Waals surface area (Å²) in [5.74, 6) is -0.721. The standard InChI is InChI=1S/C9H12FN5O5/c10-4-6(17)3(1-16)20-9(4)14-8-5(15(18)19)7(11)12-2-13-8/h2-4,6,9,16-17H,1H2,(H3,11,12,13,14). The highest BCUT2D eigenvalue weighted by Gasteiger charge is 2.44. The first-order valence-corrected chi connectivity index (χ1v) is 5.55. The van der Waals surface area contributed by atoms with Crippen LogP contribution in [0.1, 0.15) is 0 Å². The van der Waals surface area contributed by atoms with Gasteiger partial charge in [0.1, 0.15) is 18.5 Å². The van der Waals surface area contributed by atoms with Crippen LogP contribution in [0.3, 0.4) is 0 Å². The fourth-order valence-electron chi connectivity index (χ4n) is 1.81. The second-order valence-electron chi connectivity index (χ2n) is 4.07. The summed E-state index contributed by atoms with van der Waals surface area (Å²) >= 11 is 0. The summed E-state index contributed by atoms with van der Waals surface area (Å²) in [5.41, 5.74) is 4.74. The lowest BCUT2D eigenvalue weighted by molar-refractivity contribution is -0.383. The number of hydrogen-bond donors (Lipinski definition) is 4. The fourth-order valence-corrected chi connectivity index (χ4v) is 1.81. The van der Waals surface area contributed by atoms with Gasteiger partial charge in [0.25, 0.3) is 0 Å². The molecule has 2 rings (SSSR count). The Bertz CT molecular complexity index is 518. The summed E-state index contributed by atoms with van der Waals surface area (Å²) in [6.07, 6.45) is -4.98. The molecule has 2 heterocycles. The minimum atomic E-state index is -1.89. The van der Waals surface area contributed by atoms with E-state index in [-0.39, 0.29) is 11.6 Å². The monoisotopic (exact) mass is 289 g/mol. The highest BCUT2D eigenvalue weighted by molar-refractivity contribution is 5.67. The molecule has 10 nitrogen and oxygen atoms in total. The predicted molar refractivity (Wildman–Crippen MR) is 63.4 cm³/mol. The Kier molecular flexibility index (Phi) is 3.92. The summed E-state index contributed by atoms with van der Waals surface area (Å²) in [4.78, 5) is 17.1. The quantitative estimate of drug-likeness (QED) is 0.394. The van der Waals surface area contributed by atoms with Crippen molar-refractivity contribution in [2.24, 2.45) is 0 Å². The molecule has 0 radical (unpaired) electrons. The third-order valence-corrected chi connectivity index (χ3v) is 2.81. The first-order valence-electron chi connectivity index (χ1n) is 5.55. The van der Waals surface area contributed by atoms with Crippen molar-refractivity contribution in [2.75, 3.05) is 17.7 Å². The maximum Gasteiger partial charge on any atom is 0.353 e. The molecule has 0 saturated carbocycles. The molecule has 110 valence electrons. The molecule has 5 N–H and O–H groups in total. The molecule has 0 aromatic carbocycles. The number of anilines is 2. The first-order chi connectivity index (χ1) is 9.45. The molecule has 0 aliphatic carbocycles. The van der Waals surface area contributed by atoms with Gasteiger partial charge in [-0.15, -0.1) is 0 Å². The number of alkyl halides is 1. The third-order valence-electron chi connectivity index (χ3n) is 2.81. The minimum absolute atomic E-state index is 0.332. The number of nitro groups is 1. The van der Waals surface area contributed by atoms with Gasteiger partial charge in [0.05, 0.1) is 11.5 Å². The Hall–Kier alpha value is -2.11. The molecule has 11 heteroatoms. The molecule has 1 aromatic rings. The first kappa shape index (κ1) is 14.3. The molecule has 0 amide bonds. The maximum atomic E-state index is 13.7. The van der Waals surface area contributed by atoms with E-state index in [1.165, 1.54) is 0 Å². The summed E-state index contributed by atoms with van der Waals surface area (Å²) in [6.45, 7) is -0.590. The van der Waals surface area contributed by atoms with Gasteiger partial charge in [-0.3, -0.25) is 10.1 Å². The van der Waals surface area contributed by atoms with Gasteiger partial charge in [0.2, 0.25) is 11.6 Å². The molecular weight excluding hydrogens is 277 g/mol. The van der Waals surface area contributed by atoms with Gasteiger partial charge in [0.15, 0.2) is 12.4 Å². The van der Waals surface area contributed by atoms with E-state index >= 15 is 0 Å². The van der Waals surface area contributed by atoms with Crippen molar-refractivity contribution in [3.8, 4) is 0 Å². The summed E-state index contributed by atoms with van der Waals surface area (Å²) in [7, 11) is 0. The zero-order valence-electron chi connectivity index (χ0n) is 10.0. The number of rotatable bonds is 4. The van der Waals surface area contributed by atoms with E-state index in [4.69, 9.17) is 15.6 Å². The van der Waals surface area contributed by atoms with Crippen LogP contribution in [-0.4, -0.2) is 56.3 Å². The van der Waals surface area contributed by atoms with Crippen LogP contribution in [0.15, 0.2) is 6.33 Å². The van der Waals surface area contributed by atoms with Crippen molar-refractivity contribution in [3.63, 3.8) is 0 Å². The van der Waals surface area contributed by atoms with Crippen molar-refractivity contribution in [3.05, 3.63) is 16.4 Å². The van der Waals surface area contributed by atoms with Gasteiger partial charge in [0, 0.05) is 0 Å². The summed E-state index contributed by atoms with van der Waals surface area (Å²) in [6, 6.07) is 0. The van der Waals surface area contributed by atoms with Gasteiger partial charge in [-0.05, 0) is 0 Å². The van der Waals surface area contributed by atoms with Crippen molar-refractivity contribution in [2.45, 2.75) is 24.6 Å². The number of nitrogens with one attached hydrogen (secondary N) is 1. The number of aliphatic hydroxyl groups excluding tert-OH is 2. The Morgan fingerprint density at radius 1 is 1.60 bits per heavy atom. The van der Waals surface area contributed by atoms with Crippen LogP contribution in [0.2, 0.25) is 0 Å². The van der Waals surface area contributed by atoms with Crippen LogP contribution in [0, 0.1) is 10.1 Å². The number of ether oxygens (including phenoxy) is 1. The summed E-state index contributed by atoms with van der Waals surface area (Å²) < 4.78 is 18.7. The molecule has 1 fully saturated rings. The van der Waals surface area contributed by atoms with Gasteiger partial charge in [-0.2, -0.15) is 0 Å². The maximum absolute atomic E-state index is 13.7. The topological polar surface area (TPSA) is 157 Å². The van der Waals surface area contributed by atoms with Gasteiger partial charge >= 0.3 is 5.69 Å². The normalized spacial score (nSPS) is 29.4. The Labute approximate surface area is 111 Å². The van der Waals surface area contributed by atoms with Crippen molar-refractivity contribution in [1.29, 1.82) is 0 Å². The largest absolute Gasteiger partial charge is 0.394 e. The SMILES string of the molecule is Nc1ncnc(NC2OC(CO)C(O)C2F)c1[N+](=O)[O-]. The van der Waals surface area contributed by atoms with Crippen LogP contribution in [0.25, 0.3) is 0 Å². The number of nitrogens with zero attached hydrogens (tertiary/aromatic N) is 3. The number of hydrogen-bond acceptors (Lipinski definition) is 9. The zero-order valence-corrected chi connectivity index (χ0v) is 10.0. The van der Waals surface area contributed by atoms with E-state index in [1.807, 2.05) is 0 Å². The average molecular weight is 289 g/mol. The van der Waals surface area contributed by atoms with E-state index < -0.39 is 41.8 Å². The molecule has 1 aliphatic heterocycles. The number of nitrogens with two attached hydrogens (primary N) is 1. The molecule has 0 spiro atoms. The molecule has 1 aliphatic rings. The predicted octanol–water partition coefficient (Wildman–Crippen LogP) is -1.20. The smallest absolute Gasteiger partial charge is 0.353 e.